The molecule has 2 heterocycles. The Balaban J connectivity index is 1.81. The van der Waals surface area contributed by atoms with E-state index < -0.39 is 11.4 Å². The molecule has 0 bridgehead atoms. The molecule has 1 N–H and O–H groups in total. The van der Waals surface area contributed by atoms with E-state index in [4.69, 9.17) is 0 Å². The van der Waals surface area contributed by atoms with Gasteiger partial charge in [-0.05, 0) is 31.4 Å². The minimum Gasteiger partial charge on any atom is -0.481 e. The van der Waals surface area contributed by atoms with Crippen molar-refractivity contribution >= 4 is 23.0 Å². The zero-order valence-corrected chi connectivity index (χ0v) is 12.0. The Morgan fingerprint density at radius 2 is 1.90 bits per heavy atom. The lowest BCUT2D eigenvalue weighted by atomic mass is 9.76. The average Bonchev–Trinajstić information content (AvgIpc) is 2.54. The van der Waals surface area contributed by atoms with Crippen LogP contribution >= 0.6 is 0 Å². The van der Waals surface area contributed by atoms with Crippen LogP contribution in [-0.2, 0) is 4.79 Å². The fraction of sp³-hybridized carbons (Fsp3) is 0.467. The Hall–Kier alpha value is -2.24. The molecule has 0 saturated carbocycles. The molecule has 1 aromatic heterocycles. The summed E-state index contributed by atoms with van der Waals surface area (Å²) in [5.41, 5.74) is 0.987. The van der Waals surface area contributed by atoms with Gasteiger partial charge in [0.05, 0.1) is 10.9 Å². The summed E-state index contributed by atoms with van der Waals surface area (Å²) in [7, 11) is 0. The number of carbonyl (C=O) groups is 1. The van der Waals surface area contributed by atoms with E-state index in [2.05, 4.69) is 15.2 Å². The number of carboxylic acid groups (broad SMARTS) is 1. The summed E-state index contributed by atoms with van der Waals surface area (Å²) >= 11 is 0. The predicted molar refractivity (Wildman–Crippen MR) is 79.1 cm³/mol. The van der Waals surface area contributed by atoms with Crippen molar-refractivity contribution in [3.05, 3.63) is 24.3 Å². The van der Waals surface area contributed by atoms with E-state index in [0.29, 0.717) is 38.3 Å². The molecule has 1 fully saturated rings. The van der Waals surface area contributed by atoms with E-state index in [1.165, 1.54) is 0 Å². The zero-order valence-electron chi connectivity index (χ0n) is 12.0. The van der Waals surface area contributed by atoms with Gasteiger partial charge in [-0.3, -0.25) is 4.79 Å². The lowest BCUT2D eigenvalue weighted by Gasteiger charge is -2.38. The normalized spacial score (nSPS) is 17.9. The van der Waals surface area contributed by atoms with Gasteiger partial charge in [-0.1, -0.05) is 19.1 Å². The molecule has 0 spiro atoms. The second-order valence-corrected chi connectivity index (χ2v) is 5.53. The molecule has 1 saturated heterocycles. The first-order valence-electron chi connectivity index (χ1n) is 7.22. The molecule has 3 rings (SSSR count). The number of nitrogens with zero attached hydrogens (tertiary/aromatic N) is 4. The van der Waals surface area contributed by atoms with Crippen LogP contribution in [0.15, 0.2) is 24.3 Å². The minimum absolute atomic E-state index is 0.587. The van der Waals surface area contributed by atoms with Crippen molar-refractivity contribution in [3.63, 3.8) is 0 Å². The van der Waals surface area contributed by atoms with Crippen molar-refractivity contribution < 1.29 is 9.90 Å². The van der Waals surface area contributed by atoms with Crippen molar-refractivity contribution in [3.8, 4) is 0 Å². The van der Waals surface area contributed by atoms with Gasteiger partial charge in [0.25, 0.3) is 0 Å². The Morgan fingerprint density at radius 3 is 2.52 bits per heavy atom. The highest BCUT2D eigenvalue weighted by molar-refractivity contribution is 5.75. The minimum atomic E-state index is -0.692. The van der Waals surface area contributed by atoms with Crippen LogP contribution in [0.3, 0.4) is 0 Å². The van der Waals surface area contributed by atoms with Crippen LogP contribution in [0, 0.1) is 5.41 Å². The summed E-state index contributed by atoms with van der Waals surface area (Å²) < 4.78 is 0. The third-order valence-electron chi connectivity index (χ3n) is 4.48. The standard InChI is InChI=1S/C15H18N4O2/c1-2-15(13(20)21)7-9-19(10-8-15)14-16-11-5-3-4-6-12(11)17-18-14/h3-6H,2,7-10H2,1H3,(H,20,21). The van der Waals surface area contributed by atoms with Gasteiger partial charge in [0.15, 0.2) is 0 Å². The van der Waals surface area contributed by atoms with E-state index in [1.54, 1.807) is 0 Å². The van der Waals surface area contributed by atoms with Crippen molar-refractivity contribution in [1.82, 2.24) is 15.2 Å². The van der Waals surface area contributed by atoms with Crippen molar-refractivity contribution in [2.45, 2.75) is 26.2 Å². The average molecular weight is 286 g/mol. The van der Waals surface area contributed by atoms with Gasteiger partial charge in [0, 0.05) is 13.1 Å². The fourth-order valence-electron chi connectivity index (χ4n) is 2.86. The molecule has 110 valence electrons. The highest BCUT2D eigenvalue weighted by Crippen LogP contribution is 2.35. The van der Waals surface area contributed by atoms with Crippen molar-refractivity contribution in [2.75, 3.05) is 18.0 Å². The topological polar surface area (TPSA) is 79.2 Å². The lowest BCUT2D eigenvalue weighted by Crippen LogP contribution is -2.44. The summed E-state index contributed by atoms with van der Waals surface area (Å²) in [6.45, 7) is 3.25. The number of benzene rings is 1. The number of piperidine rings is 1. The Kier molecular flexibility index (Phi) is 3.45. The van der Waals surface area contributed by atoms with Crippen LogP contribution in [0.2, 0.25) is 0 Å². The van der Waals surface area contributed by atoms with Crippen molar-refractivity contribution in [2.24, 2.45) is 5.41 Å². The number of para-hydroxylation sites is 1. The summed E-state index contributed by atoms with van der Waals surface area (Å²) in [6.07, 6.45) is 1.90. The van der Waals surface area contributed by atoms with Crippen LogP contribution < -0.4 is 4.90 Å². The lowest BCUT2D eigenvalue weighted by molar-refractivity contribution is -0.150. The second kappa shape index (κ2) is 5.27. The van der Waals surface area contributed by atoms with Crippen LogP contribution in [0.5, 0.6) is 0 Å². The Labute approximate surface area is 122 Å². The molecule has 0 unspecified atom stereocenters. The zero-order chi connectivity index (χ0) is 14.9. The van der Waals surface area contributed by atoms with Gasteiger partial charge in [-0.15, -0.1) is 10.2 Å². The van der Waals surface area contributed by atoms with Crippen LogP contribution in [0.4, 0.5) is 5.95 Å². The fourth-order valence-corrected chi connectivity index (χ4v) is 2.86. The molecular formula is C15H18N4O2. The van der Waals surface area contributed by atoms with Gasteiger partial charge in [0.2, 0.25) is 5.95 Å². The number of aromatic nitrogens is 3. The van der Waals surface area contributed by atoms with Gasteiger partial charge in [0.1, 0.15) is 5.52 Å². The SMILES string of the molecule is CCC1(C(=O)O)CCN(c2nnc3ccccc3n2)CC1. The number of aliphatic carboxylic acids is 1. The Morgan fingerprint density at radius 1 is 1.24 bits per heavy atom. The van der Waals surface area contributed by atoms with E-state index in [9.17, 15) is 9.90 Å². The highest BCUT2D eigenvalue weighted by Gasteiger charge is 2.40. The first-order valence-corrected chi connectivity index (χ1v) is 7.22. The first-order chi connectivity index (χ1) is 10.1. The maximum absolute atomic E-state index is 11.5. The number of rotatable bonds is 3. The Bertz CT molecular complexity index is 666. The van der Waals surface area contributed by atoms with Gasteiger partial charge >= 0.3 is 5.97 Å². The molecule has 0 radical (unpaired) electrons. The molecule has 2 aromatic rings. The number of fused-ring (bicyclic) bond motifs is 1. The van der Waals surface area contributed by atoms with E-state index in [-0.39, 0.29) is 0 Å². The third kappa shape index (κ3) is 2.41. The van der Waals surface area contributed by atoms with E-state index >= 15 is 0 Å². The summed E-state index contributed by atoms with van der Waals surface area (Å²) in [4.78, 5) is 18.0. The van der Waals surface area contributed by atoms with E-state index in [0.717, 1.165) is 11.0 Å². The van der Waals surface area contributed by atoms with Gasteiger partial charge in [-0.25, -0.2) is 4.98 Å². The second-order valence-electron chi connectivity index (χ2n) is 5.53. The summed E-state index contributed by atoms with van der Waals surface area (Å²) in [5.74, 6) is -0.106. The van der Waals surface area contributed by atoms with Gasteiger partial charge in [-0.2, -0.15) is 0 Å². The molecular weight excluding hydrogens is 268 g/mol. The maximum Gasteiger partial charge on any atom is 0.309 e. The monoisotopic (exact) mass is 286 g/mol. The van der Waals surface area contributed by atoms with Gasteiger partial charge < -0.3 is 10.0 Å². The molecule has 1 aromatic carbocycles. The van der Waals surface area contributed by atoms with Crippen molar-refractivity contribution in [1.29, 1.82) is 0 Å². The highest BCUT2D eigenvalue weighted by atomic mass is 16.4. The van der Waals surface area contributed by atoms with Crippen LogP contribution in [0.25, 0.3) is 11.0 Å². The molecule has 0 amide bonds. The quantitative estimate of drug-likeness (QED) is 0.931. The number of hydrogen-bond donors (Lipinski definition) is 1. The maximum atomic E-state index is 11.5. The number of hydrogen-bond acceptors (Lipinski definition) is 5. The first kappa shape index (κ1) is 13.7. The molecule has 1 aliphatic rings. The third-order valence-corrected chi connectivity index (χ3v) is 4.48. The molecule has 1 aliphatic heterocycles. The summed E-state index contributed by atoms with van der Waals surface area (Å²) in [6, 6.07) is 7.61. The predicted octanol–water partition coefficient (Wildman–Crippen LogP) is 2.11. The molecule has 0 aliphatic carbocycles. The molecule has 6 heteroatoms. The number of anilines is 1. The smallest absolute Gasteiger partial charge is 0.309 e. The number of carboxylic acids is 1. The van der Waals surface area contributed by atoms with Crippen LogP contribution in [-0.4, -0.2) is 39.3 Å². The molecule has 21 heavy (non-hydrogen) atoms. The van der Waals surface area contributed by atoms with Crippen LogP contribution in [0.1, 0.15) is 26.2 Å². The molecule has 0 atom stereocenters. The largest absolute Gasteiger partial charge is 0.481 e. The summed E-state index contributed by atoms with van der Waals surface area (Å²) in [5, 5.41) is 17.8. The van der Waals surface area contributed by atoms with E-state index in [1.807, 2.05) is 36.1 Å². The molecule has 6 nitrogen and oxygen atoms in total.